The zero-order valence-corrected chi connectivity index (χ0v) is 24.2. The van der Waals surface area contributed by atoms with Crippen molar-refractivity contribution in [2.45, 2.75) is 0 Å². The number of para-hydroxylation sites is 1. The Labute approximate surface area is 259 Å². The summed E-state index contributed by atoms with van der Waals surface area (Å²) in [7, 11) is 0. The minimum absolute atomic E-state index is 0.690. The van der Waals surface area contributed by atoms with Crippen molar-refractivity contribution < 1.29 is 4.42 Å². The van der Waals surface area contributed by atoms with Crippen molar-refractivity contribution in [2.24, 2.45) is 0 Å². The molecular formula is C41H25N3O. The minimum Gasteiger partial charge on any atom is -0.456 e. The van der Waals surface area contributed by atoms with Crippen LogP contribution in [-0.4, -0.2) is 15.0 Å². The monoisotopic (exact) mass is 575 g/mol. The zero-order valence-electron chi connectivity index (χ0n) is 24.2. The molecule has 4 heteroatoms. The van der Waals surface area contributed by atoms with Crippen LogP contribution in [0.5, 0.6) is 0 Å². The van der Waals surface area contributed by atoms with Gasteiger partial charge in [-0.15, -0.1) is 0 Å². The molecule has 0 aliphatic carbocycles. The van der Waals surface area contributed by atoms with Crippen LogP contribution >= 0.6 is 0 Å². The van der Waals surface area contributed by atoms with E-state index in [2.05, 4.69) is 97.1 Å². The number of fused-ring (bicyclic) bond motifs is 7. The van der Waals surface area contributed by atoms with Gasteiger partial charge in [-0.2, -0.15) is 0 Å². The van der Waals surface area contributed by atoms with Crippen molar-refractivity contribution in [3.05, 3.63) is 152 Å². The van der Waals surface area contributed by atoms with Gasteiger partial charge < -0.3 is 4.42 Å². The van der Waals surface area contributed by atoms with E-state index in [-0.39, 0.29) is 0 Å². The van der Waals surface area contributed by atoms with Crippen LogP contribution in [0.2, 0.25) is 0 Å². The van der Waals surface area contributed by atoms with Gasteiger partial charge in [0.15, 0.2) is 5.82 Å². The molecule has 0 radical (unpaired) electrons. The van der Waals surface area contributed by atoms with Gasteiger partial charge in [0, 0.05) is 49.2 Å². The van der Waals surface area contributed by atoms with Crippen molar-refractivity contribution in [3.8, 4) is 45.2 Å². The molecule has 210 valence electrons. The van der Waals surface area contributed by atoms with E-state index in [0.717, 1.165) is 82.9 Å². The third kappa shape index (κ3) is 4.27. The third-order valence-corrected chi connectivity index (χ3v) is 8.47. The fourth-order valence-electron chi connectivity index (χ4n) is 6.35. The van der Waals surface area contributed by atoms with E-state index in [0.29, 0.717) is 5.82 Å². The maximum Gasteiger partial charge on any atom is 0.160 e. The van der Waals surface area contributed by atoms with Crippen LogP contribution < -0.4 is 0 Å². The predicted octanol–water partition coefficient (Wildman–Crippen LogP) is 10.7. The maximum absolute atomic E-state index is 6.32. The second-order valence-corrected chi connectivity index (χ2v) is 11.2. The minimum atomic E-state index is 0.690. The lowest BCUT2D eigenvalue weighted by Gasteiger charge is -2.13. The van der Waals surface area contributed by atoms with Crippen molar-refractivity contribution in [1.29, 1.82) is 0 Å². The average molecular weight is 576 g/mol. The molecule has 4 nitrogen and oxygen atoms in total. The molecule has 3 heterocycles. The highest BCUT2D eigenvalue weighted by molar-refractivity contribution is 6.28. The molecule has 0 bridgehead atoms. The van der Waals surface area contributed by atoms with Gasteiger partial charge in [-0.1, -0.05) is 121 Å². The number of hydrogen-bond donors (Lipinski definition) is 0. The van der Waals surface area contributed by atoms with Crippen LogP contribution in [0.25, 0.3) is 88.8 Å². The molecule has 6 aromatic carbocycles. The summed E-state index contributed by atoms with van der Waals surface area (Å²) >= 11 is 0. The first-order valence-electron chi connectivity index (χ1n) is 15.0. The van der Waals surface area contributed by atoms with Gasteiger partial charge in [0.25, 0.3) is 0 Å². The molecule has 0 atom stereocenters. The number of aromatic nitrogens is 3. The molecule has 0 fully saturated rings. The Balaban J connectivity index is 1.34. The van der Waals surface area contributed by atoms with Gasteiger partial charge in [0.05, 0.1) is 22.6 Å². The summed E-state index contributed by atoms with van der Waals surface area (Å²) < 4.78 is 6.32. The fraction of sp³-hybridized carbons (Fsp3) is 0. The Bertz CT molecular complexity index is 2460. The highest BCUT2D eigenvalue weighted by Gasteiger charge is 2.18. The molecular weight excluding hydrogens is 550 g/mol. The summed E-state index contributed by atoms with van der Waals surface area (Å²) in [6.45, 7) is 0. The van der Waals surface area contributed by atoms with Gasteiger partial charge in [-0.05, 0) is 30.3 Å². The molecule has 0 spiro atoms. The first-order chi connectivity index (χ1) is 22.3. The summed E-state index contributed by atoms with van der Waals surface area (Å²) in [5.74, 6) is 0.690. The van der Waals surface area contributed by atoms with Gasteiger partial charge >= 0.3 is 0 Å². The molecule has 0 aliphatic rings. The highest BCUT2D eigenvalue weighted by atomic mass is 16.3. The fourth-order valence-corrected chi connectivity index (χ4v) is 6.35. The van der Waals surface area contributed by atoms with Crippen molar-refractivity contribution in [2.75, 3.05) is 0 Å². The summed E-state index contributed by atoms with van der Waals surface area (Å²) in [6.07, 6.45) is 0. The molecule has 0 N–H and O–H groups in total. The number of nitrogens with zero attached hydrogens (tertiary/aromatic N) is 3. The summed E-state index contributed by atoms with van der Waals surface area (Å²) in [6, 6.07) is 51.9. The molecule has 9 aromatic rings. The average Bonchev–Trinajstić information content (AvgIpc) is 3.51. The Morgan fingerprint density at radius 1 is 0.378 bits per heavy atom. The second-order valence-electron chi connectivity index (χ2n) is 11.2. The Hall–Kier alpha value is -6.13. The molecule has 0 aliphatic heterocycles. The summed E-state index contributed by atoms with van der Waals surface area (Å²) in [5, 5.41) is 5.53. The van der Waals surface area contributed by atoms with Crippen LogP contribution in [0, 0.1) is 0 Å². The van der Waals surface area contributed by atoms with E-state index in [1.165, 1.54) is 0 Å². The quantitative estimate of drug-likeness (QED) is 0.196. The van der Waals surface area contributed by atoms with Gasteiger partial charge in [0.1, 0.15) is 11.2 Å². The Morgan fingerprint density at radius 3 is 1.76 bits per heavy atom. The molecule has 9 rings (SSSR count). The number of hydrogen-bond acceptors (Lipinski definition) is 4. The Kier molecular flexibility index (Phi) is 5.78. The van der Waals surface area contributed by atoms with Crippen LogP contribution in [0.15, 0.2) is 156 Å². The van der Waals surface area contributed by atoms with Crippen LogP contribution in [0.1, 0.15) is 0 Å². The van der Waals surface area contributed by atoms with E-state index in [1.807, 2.05) is 54.6 Å². The summed E-state index contributed by atoms with van der Waals surface area (Å²) in [4.78, 5) is 15.4. The lowest BCUT2D eigenvalue weighted by molar-refractivity contribution is 0.669. The lowest BCUT2D eigenvalue weighted by atomic mass is 9.95. The third-order valence-electron chi connectivity index (χ3n) is 8.47. The van der Waals surface area contributed by atoms with E-state index in [4.69, 9.17) is 19.4 Å². The van der Waals surface area contributed by atoms with Crippen molar-refractivity contribution in [1.82, 2.24) is 15.0 Å². The van der Waals surface area contributed by atoms with Crippen molar-refractivity contribution in [3.63, 3.8) is 0 Å². The first kappa shape index (κ1) is 25.4. The summed E-state index contributed by atoms with van der Waals surface area (Å²) in [5.41, 5.74) is 9.39. The Morgan fingerprint density at radius 2 is 1.00 bits per heavy atom. The number of benzene rings is 6. The topological polar surface area (TPSA) is 51.8 Å². The first-order valence-corrected chi connectivity index (χ1v) is 15.0. The SMILES string of the molecule is c1ccc(-c2cc(-c3ccc4c(c3)nc(-c3ccccc3)c3ccc5oc6ccccc6c5c34)nc(-c3ccccc3)n2)cc1. The molecule has 3 aromatic heterocycles. The predicted molar refractivity (Wildman–Crippen MR) is 184 cm³/mol. The number of furan rings is 1. The standard InChI is InChI=1S/C41H25N3O/c1-4-12-26(13-5-1)33-25-34(44-41(43-33)28-16-8-3-9-17-28)29-20-21-30-35(24-29)42-40(27-14-6-2-7-15-27)32-22-23-37-39(38(30)32)31-18-10-11-19-36(31)45-37/h1-25H. The van der Waals surface area contributed by atoms with Gasteiger partial charge in [0.2, 0.25) is 0 Å². The van der Waals surface area contributed by atoms with E-state index >= 15 is 0 Å². The smallest absolute Gasteiger partial charge is 0.160 e. The lowest BCUT2D eigenvalue weighted by Crippen LogP contribution is -1.96. The number of pyridine rings is 1. The molecule has 45 heavy (non-hydrogen) atoms. The number of rotatable bonds is 4. The molecule has 0 amide bonds. The molecule has 0 saturated carbocycles. The van der Waals surface area contributed by atoms with Gasteiger partial charge in [-0.25, -0.2) is 15.0 Å². The van der Waals surface area contributed by atoms with Crippen molar-refractivity contribution >= 4 is 43.6 Å². The van der Waals surface area contributed by atoms with Crippen LogP contribution in [0.3, 0.4) is 0 Å². The van der Waals surface area contributed by atoms with Gasteiger partial charge in [-0.3, -0.25) is 0 Å². The zero-order chi connectivity index (χ0) is 29.7. The normalized spacial score (nSPS) is 11.6. The highest BCUT2D eigenvalue weighted by Crippen LogP contribution is 2.42. The largest absolute Gasteiger partial charge is 0.456 e. The second kappa shape index (κ2) is 10.2. The van der Waals surface area contributed by atoms with E-state index < -0.39 is 0 Å². The maximum atomic E-state index is 6.32. The van der Waals surface area contributed by atoms with E-state index in [1.54, 1.807) is 0 Å². The van der Waals surface area contributed by atoms with Crippen LogP contribution in [-0.2, 0) is 0 Å². The van der Waals surface area contributed by atoms with Crippen LogP contribution in [0.4, 0.5) is 0 Å². The molecule has 0 unspecified atom stereocenters. The van der Waals surface area contributed by atoms with E-state index in [9.17, 15) is 0 Å². The molecule has 0 saturated heterocycles.